The van der Waals surface area contributed by atoms with Crippen LogP contribution in [0.5, 0.6) is 0 Å². The quantitative estimate of drug-likeness (QED) is 0.795. The fraction of sp³-hybridized carbons (Fsp3) is 0.545. The van der Waals surface area contributed by atoms with Gasteiger partial charge in [-0.2, -0.15) is 0 Å². The van der Waals surface area contributed by atoms with E-state index in [1.54, 1.807) is 11.3 Å². The van der Waals surface area contributed by atoms with Gasteiger partial charge >= 0.3 is 0 Å². The Morgan fingerprint density at radius 3 is 2.87 bits per heavy atom. The first-order chi connectivity index (χ1) is 7.08. The van der Waals surface area contributed by atoms with Gasteiger partial charge in [0, 0.05) is 16.3 Å². The third kappa shape index (κ3) is 5.19. The molecule has 0 aromatic carbocycles. The summed E-state index contributed by atoms with van der Waals surface area (Å²) in [6, 6.07) is 4.07. The molecule has 2 atom stereocenters. The molecule has 84 valence electrons. The average Bonchev–Trinajstić information content (AvgIpc) is 2.53. The molecule has 0 aliphatic carbocycles. The average molecular weight is 246 g/mol. The van der Waals surface area contributed by atoms with Gasteiger partial charge < -0.3 is 5.32 Å². The molecule has 1 N–H and O–H groups in total. The lowest BCUT2D eigenvalue weighted by atomic mass is 10.2. The van der Waals surface area contributed by atoms with E-state index in [0.717, 1.165) is 11.3 Å². The highest BCUT2D eigenvalue weighted by Crippen LogP contribution is 2.09. The van der Waals surface area contributed by atoms with E-state index in [4.69, 9.17) is 11.6 Å². The van der Waals surface area contributed by atoms with E-state index >= 15 is 0 Å². The number of hydrogen-bond acceptors (Lipinski definition) is 2. The van der Waals surface area contributed by atoms with Gasteiger partial charge in [0.05, 0.1) is 6.42 Å². The maximum Gasteiger partial charge on any atom is 0.225 e. The minimum Gasteiger partial charge on any atom is -0.353 e. The van der Waals surface area contributed by atoms with Crippen LogP contribution in [-0.2, 0) is 11.2 Å². The van der Waals surface area contributed by atoms with Crippen LogP contribution in [-0.4, -0.2) is 17.3 Å². The van der Waals surface area contributed by atoms with Crippen molar-refractivity contribution >= 4 is 28.8 Å². The van der Waals surface area contributed by atoms with Crippen LogP contribution in [0.3, 0.4) is 0 Å². The number of rotatable bonds is 5. The van der Waals surface area contributed by atoms with Crippen molar-refractivity contribution in [3.8, 4) is 0 Å². The third-order valence-corrected chi connectivity index (χ3v) is 3.06. The van der Waals surface area contributed by atoms with Gasteiger partial charge in [0.25, 0.3) is 0 Å². The largest absolute Gasteiger partial charge is 0.353 e. The van der Waals surface area contributed by atoms with Crippen LogP contribution in [0.25, 0.3) is 0 Å². The summed E-state index contributed by atoms with van der Waals surface area (Å²) in [5.41, 5.74) is 0. The maximum atomic E-state index is 11.6. The molecule has 4 heteroatoms. The molecule has 1 amide bonds. The minimum absolute atomic E-state index is 0.0715. The van der Waals surface area contributed by atoms with Crippen molar-refractivity contribution in [1.29, 1.82) is 0 Å². The van der Waals surface area contributed by atoms with Crippen molar-refractivity contribution in [3.63, 3.8) is 0 Å². The number of carbonyl (C=O) groups is 1. The van der Waals surface area contributed by atoms with Crippen molar-refractivity contribution in [2.75, 3.05) is 0 Å². The van der Waals surface area contributed by atoms with Crippen molar-refractivity contribution in [2.45, 2.75) is 38.1 Å². The number of alkyl halides is 1. The van der Waals surface area contributed by atoms with E-state index in [2.05, 4.69) is 5.32 Å². The van der Waals surface area contributed by atoms with Gasteiger partial charge in [0.1, 0.15) is 0 Å². The predicted octanol–water partition coefficient (Wildman–Crippen LogP) is 2.81. The summed E-state index contributed by atoms with van der Waals surface area (Å²) in [7, 11) is 0. The zero-order chi connectivity index (χ0) is 11.3. The monoisotopic (exact) mass is 245 g/mol. The molecule has 0 saturated carbocycles. The van der Waals surface area contributed by atoms with Crippen LogP contribution >= 0.6 is 22.9 Å². The third-order valence-electron chi connectivity index (χ3n) is 2.00. The Morgan fingerprint density at radius 1 is 1.60 bits per heavy atom. The minimum atomic E-state index is 0.0715. The standard InChI is InChI=1S/C11H16ClNOS/c1-8(12)6-9(2)13-11(14)7-10-4-3-5-15-10/h3-5,8-9H,6-7H2,1-2H3,(H,13,14). The molecule has 0 saturated heterocycles. The van der Waals surface area contributed by atoms with E-state index in [-0.39, 0.29) is 17.3 Å². The molecule has 1 aromatic rings. The molecule has 15 heavy (non-hydrogen) atoms. The lowest BCUT2D eigenvalue weighted by molar-refractivity contribution is -0.121. The molecule has 0 aliphatic rings. The molecule has 0 radical (unpaired) electrons. The SMILES string of the molecule is CC(Cl)CC(C)NC(=O)Cc1cccs1. The molecular weight excluding hydrogens is 230 g/mol. The van der Waals surface area contributed by atoms with Gasteiger partial charge in [-0.15, -0.1) is 22.9 Å². The topological polar surface area (TPSA) is 29.1 Å². The lowest BCUT2D eigenvalue weighted by Gasteiger charge is -2.14. The molecule has 0 aliphatic heterocycles. The van der Waals surface area contributed by atoms with Crippen LogP contribution in [0, 0.1) is 0 Å². The van der Waals surface area contributed by atoms with Crippen LogP contribution in [0.15, 0.2) is 17.5 Å². The summed E-state index contributed by atoms with van der Waals surface area (Å²) in [5, 5.41) is 5.01. The number of halogens is 1. The second-order valence-electron chi connectivity index (χ2n) is 3.74. The molecular formula is C11H16ClNOS. The lowest BCUT2D eigenvalue weighted by Crippen LogP contribution is -2.34. The number of hydrogen-bond donors (Lipinski definition) is 1. The summed E-state index contributed by atoms with van der Waals surface area (Å²) in [5.74, 6) is 0.0715. The molecule has 0 spiro atoms. The van der Waals surface area contributed by atoms with Crippen LogP contribution in [0.1, 0.15) is 25.1 Å². The number of nitrogens with one attached hydrogen (secondary N) is 1. The van der Waals surface area contributed by atoms with Gasteiger partial charge in [0.2, 0.25) is 5.91 Å². The first kappa shape index (κ1) is 12.5. The Kier molecular flexibility index (Phi) is 5.12. The predicted molar refractivity (Wildman–Crippen MR) is 65.6 cm³/mol. The molecule has 1 rings (SSSR count). The highest BCUT2D eigenvalue weighted by atomic mass is 35.5. The van der Waals surface area contributed by atoms with Crippen molar-refractivity contribution in [2.24, 2.45) is 0 Å². The fourth-order valence-electron chi connectivity index (χ4n) is 1.44. The van der Waals surface area contributed by atoms with Gasteiger partial charge in [0.15, 0.2) is 0 Å². The first-order valence-electron chi connectivity index (χ1n) is 5.03. The normalized spacial score (nSPS) is 14.6. The highest BCUT2D eigenvalue weighted by Gasteiger charge is 2.10. The molecule has 2 nitrogen and oxygen atoms in total. The molecule has 0 fully saturated rings. The zero-order valence-corrected chi connectivity index (χ0v) is 10.6. The number of amides is 1. The Morgan fingerprint density at radius 2 is 2.33 bits per heavy atom. The van der Waals surface area contributed by atoms with Gasteiger partial charge in [-0.25, -0.2) is 0 Å². The van der Waals surface area contributed by atoms with Crippen LogP contribution < -0.4 is 5.32 Å². The van der Waals surface area contributed by atoms with E-state index in [1.807, 2.05) is 31.4 Å². The Labute approximate surface area is 99.6 Å². The highest BCUT2D eigenvalue weighted by molar-refractivity contribution is 7.10. The summed E-state index contributed by atoms with van der Waals surface area (Å²) in [4.78, 5) is 12.7. The maximum absolute atomic E-state index is 11.6. The second-order valence-corrected chi connectivity index (χ2v) is 5.52. The van der Waals surface area contributed by atoms with E-state index in [9.17, 15) is 4.79 Å². The van der Waals surface area contributed by atoms with E-state index in [0.29, 0.717) is 6.42 Å². The van der Waals surface area contributed by atoms with Crippen molar-refractivity contribution in [1.82, 2.24) is 5.32 Å². The molecule has 0 bridgehead atoms. The van der Waals surface area contributed by atoms with Crippen LogP contribution in [0.2, 0.25) is 0 Å². The van der Waals surface area contributed by atoms with Gasteiger partial charge in [-0.05, 0) is 31.7 Å². The molecule has 1 aromatic heterocycles. The fourth-order valence-corrected chi connectivity index (χ4v) is 2.41. The summed E-state index contributed by atoms with van der Waals surface area (Å²) < 4.78 is 0. The zero-order valence-electron chi connectivity index (χ0n) is 9.00. The van der Waals surface area contributed by atoms with Gasteiger partial charge in [-0.3, -0.25) is 4.79 Å². The van der Waals surface area contributed by atoms with Crippen molar-refractivity contribution < 1.29 is 4.79 Å². The second kappa shape index (κ2) is 6.13. The Hall–Kier alpha value is -0.540. The Balaban J connectivity index is 2.30. The smallest absolute Gasteiger partial charge is 0.225 e. The summed E-state index contributed by atoms with van der Waals surface area (Å²) in [6.45, 7) is 3.91. The first-order valence-corrected chi connectivity index (χ1v) is 6.35. The summed E-state index contributed by atoms with van der Waals surface area (Å²) >= 11 is 7.45. The summed E-state index contributed by atoms with van der Waals surface area (Å²) in [6.07, 6.45) is 1.27. The Bertz CT molecular complexity index is 298. The van der Waals surface area contributed by atoms with Gasteiger partial charge in [-0.1, -0.05) is 6.07 Å². The molecule has 1 heterocycles. The van der Waals surface area contributed by atoms with E-state index in [1.165, 1.54) is 0 Å². The number of carbonyl (C=O) groups excluding carboxylic acids is 1. The van der Waals surface area contributed by atoms with Crippen molar-refractivity contribution in [3.05, 3.63) is 22.4 Å². The van der Waals surface area contributed by atoms with Crippen LogP contribution in [0.4, 0.5) is 0 Å². The van der Waals surface area contributed by atoms with E-state index < -0.39 is 0 Å². The molecule has 2 unspecified atom stereocenters. The number of thiophene rings is 1.